The molecule has 0 spiro atoms. The van der Waals surface area contributed by atoms with Crippen LogP contribution in [0.15, 0.2) is 53.4 Å². The number of carbonyl (C=O) groups excluding carboxylic acids is 1. The third-order valence-electron chi connectivity index (χ3n) is 5.48. The van der Waals surface area contributed by atoms with E-state index in [1.165, 1.54) is 22.6 Å². The van der Waals surface area contributed by atoms with Gasteiger partial charge in [0.2, 0.25) is 0 Å². The molecule has 3 aromatic rings. The van der Waals surface area contributed by atoms with Crippen molar-refractivity contribution in [3.8, 4) is 5.69 Å². The molecule has 1 N–H and O–H groups in total. The molecule has 4 nitrogen and oxygen atoms in total. The van der Waals surface area contributed by atoms with E-state index in [1.54, 1.807) is 16.8 Å². The van der Waals surface area contributed by atoms with Crippen LogP contribution in [0.2, 0.25) is 0 Å². The van der Waals surface area contributed by atoms with Gasteiger partial charge in [0, 0.05) is 21.9 Å². The first-order chi connectivity index (χ1) is 13.7. The molecule has 1 unspecified atom stereocenters. The quantitative estimate of drug-likeness (QED) is 0.714. The lowest BCUT2D eigenvalue weighted by Gasteiger charge is -2.25. The Kier molecular flexibility index (Phi) is 4.43. The molecule has 2 aliphatic rings. The number of benzene rings is 2. The third-order valence-corrected chi connectivity index (χ3v) is 6.60. The molecule has 0 radical (unpaired) electrons. The zero-order chi connectivity index (χ0) is 19.1. The molecule has 0 fully saturated rings. The van der Waals surface area contributed by atoms with Crippen molar-refractivity contribution in [3.05, 3.63) is 76.9 Å². The zero-order valence-electron chi connectivity index (χ0n) is 15.3. The van der Waals surface area contributed by atoms with E-state index >= 15 is 0 Å². The molecular weight excluding hydrogens is 373 g/mol. The van der Waals surface area contributed by atoms with Crippen molar-refractivity contribution in [2.75, 3.05) is 5.75 Å². The largest absolute Gasteiger partial charge is 0.344 e. The van der Waals surface area contributed by atoms with Gasteiger partial charge in [-0.15, -0.1) is 11.8 Å². The maximum absolute atomic E-state index is 13.3. The summed E-state index contributed by atoms with van der Waals surface area (Å²) in [5.41, 5.74) is 4.57. The molecule has 1 atom stereocenters. The fourth-order valence-electron chi connectivity index (χ4n) is 4.13. The zero-order valence-corrected chi connectivity index (χ0v) is 16.1. The summed E-state index contributed by atoms with van der Waals surface area (Å²) in [6, 6.07) is 14.5. The highest BCUT2D eigenvalue weighted by Crippen LogP contribution is 2.36. The summed E-state index contributed by atoms with van der Waals surface area (Å²) in [5, 5.41) is 7.84. The number of fused-ring (bicyclic) bond motifs is 2. The fourth-order valence-corrected chi connectivity index (χ4v) is 5.26. The molecule has 2 aromatic carbocycles. The molecule has 142 valence electrons. The predicted octanol–water partition coefficient (Wildman–Crippen LogP) is 4.47. The second kappa shape index (κ2) is 7.09. The van der Waals surface area contributed by atoms with E-state index in [1.807, 2.05) is 23.9 Å². The average Bonchev–Trinajstić information content (AvgIpc) is 3.32. The summed E-state index contributed by atoms with van der Waals surface area (Å²) in [4.78, 5) is 14.4. The number of halogens is 1. The summed E-state index contributed by atoms with van der Waals surface area (Å²) in [6.07, 6.45) is 3.66. The smallest absolute Gasteiger partial charge is 0.272 e. The Morgan fingerprint density at radius 1 is 1.14 bits per heavy atom. The van der Waals surface area contributed by atoms with Crippen molar-refractivity contribution in [1.29, 1.82) is 0 Å². The molecule has 0 bridgehead atoms. The summed E-state index contributed by atoms with van der Waals surface area (Å²) in [7, 11) is 0. The first-order valence-corrected chi connectivity index (χ1v) is 10.6. The molecule has 1 amide bonds. The Morgan fingerprint density at radius 2 is 1.96 bits per heavy atom. The monoisotopic (exact) mass is 393 g/mol. The molecule has 2 heterocycles. The number of nitrogens with one attached hydrogen (secondary N) is 1. The normalized spacial score (nSPS) is 17.8. The number of hydrogen-bond donors (Lipinski definition) is 1. The lowest BCUT2D eigenvalue weighted by Crippen LogP contribution is -2.31. The first-order valence-electron chi connectivity index (χ1n) is 9.60. The predicted molar refractivity (Wildman–Crippen MR) is 108 cm³/mol. The van der Waals surface area contributed by atoms with Crippen LogP contribution in [0.25, 0.3) is 5.69 Å². The van der Waals surface area contributed by atoms with Crippen molar-refractivity contribution >= 4 is 17.7 Å². The molecule has 1 aliphatic carbocycles. The molecule has 0 saturated heterocycles. The van der Waals surface area contributed by atoms with Gasteiger partial charge in [-0.05, 0) is 61.6 Å². The van der Waals surface area contributed by atoms with Gasteiger partial charge in [0.05, 0.1) is 11.7 Å². The molecule has 6 heteroatoms. The molecule has 28 heavy (non-hydrogen) atoms. The van der Waals surface area contributed by atoms with Crippen LogP contribution in [0, 0.1) is 5.82 Å². The number of amides is 1. The minimum atomic E-state index is -0.278. The number of thioether (sulfide) groups is 1. The van der Waals surface area contributed by atoms with Gasteiger partial charge in [-0.3, -0.25) is 4.79 Å². The molecule has 0 saturated carbocycles. The van der Waals surface area contributed by atoms with E-state index in [4.69, 9.17) is 0 Å². The van der Waals surface area contributed by atoms with Crippen LogP contribution in [0.1, 0.15) is 46.2 Å². The lowest BCUT2D eigenvalue weighted by molar-refractivity contribution is 0.0928. The van der Waals surface area contributed by atoms with Crippen molar-refractivity contribution in [3.63, 3.8) is 0 Å². The Balaban J connectivity index is 1.46. The highest BCUT2D eigenvalue weighted by atomic mass is 32.2. The Morgan fingerprint density at radius 3 is 2.82 bits per heavy atom. The van der Waals surface area contributed by atoms with Gasteiger partial charge in [-0.1, -0.05) is 18.2 Å². The Labute approximate surface area is 167 Å². The molecule has 1 aliphatic heterocycles. The van der Waals surface area contributed by atoms with Crippen LogP contribution < -0.4 is 5.32 Å². The van der Waals surface area contributed by atoms with Crippen LogP contribution in [-0.4, -0.2) is 21.4 Å². The Hall–Kier alpha value is -2.60. The molecule has 1 aromatic heterocycles. The van der Waals surface area contributed by atoms with Gasteiger partial charge in [0.25, 0.3) is 5.91 Å². The molecular formula is C22H20FN3OS. The summed E-state index contributed by atoms with van der Waals surface area (Å²) < 4.78 is 15.1. The van der Waals surface area contributed by atoms with E-state index in [-0.39, 0.29) is 17.8 Å². The van der Waals surface area contributed by atoms with E-state index in [2.05, 4.69) is 22.5 Å². The van der Waals surface area contributed by atoms with Gasteiger partial charge in [-0.2, -0.15) is 5.10 Å². The lowest BCUT2D eigenvalue weighted by atomic mass is 10.0. The van der Waals surface area contributed by atoms with Crippen molar-refractivity contribution in [2.24, 2.45) is 0 Å². The second-order valence-electron chi connectivity index (χ2n) is 7.22. The van der Waals surface area contributed by atoms with Crippen LogP contribution in [0.3, 0.4) is 0 Å². The third kappa shape index (κ3) is 3.02. The van der Waals surface area contributed by atoms with Crippen LogP contribution in [-0.2, 0) is 12.8 Å². The summed E-state index contributed by atoms with van der Waals surface area (Å²) in [5.74, 6) is 0.592. The van der Waals surface area contributed by atoms with Gasteiger partial charge in [0.1, 0.15) is 5.82 Å². The fraction of sp³-hybridized carbons (Fsp3) is 0.273. The second-order valence-corrected chi connectivity index (χ2v) is 8.35. The van der Waals surface area contributed by atoms with Crippen LogP contribution in [0.4, 0.5) is 4.39 Å². The van der Waals surface area contributed by atoms with Gasteiger partial charge >= 0.3 is 0 Å². The standard InChI is InChI=1S/C22H20FN3OS/c23-14-8-10-15(11-9-14)26-19-6-3-5-17(19)21(25-26)22(27)24-18-12-13-28-20-7-2-1-4-16(18)20/h1-2,4,7-11,18H,3,5-6,12-13H2,(H,24,27). The maximum Gasteiger partial charge on any atom is 0.272 e. The number of hydrogen-bond acceptors (Lipinski definition) is 3. The Bertz CT molecular complexity index is 1040. The van der Waals surface area contributed by atoms with Gasteiger partial charge in [-0.25, -0.2) is 9.07 Å². The number of rotatable bonds is 3. The SMILES string of the molecule is O=C(NC1CCSc2ccccc21)c1nn(-c2ccc(F)cc2)c2c1CCC2. The number of carbonyl (C=O) groups is 1. The maximum atomic E-state index is 13.3. The van der Waals surface area contributed by atoms with Gasteiger partial charge < -0.3 is 5.32 Å². The van der Waals surface area contributed by atoms with Crippen LogP contribution in [0.5, 0.6) is 0 Å². The summed E-state index contributed by atoms with van der Waals surface area (Å²) in [6.45, 7) is 0. The minimum absolute atomic E-state index is 0.0120. The van der Waals surface area contributed by atoms with Crippen molar-refractivity contribution < 1.29 is 9.18 Å². The number of aromatic nitrogens is 2. The van der Waals surface area contributed by atoms with Crippen molar-refractivity contribution in [2.45, 2.75) is 36.6 Å². The summed E-state index contributed by atoms with van der Waals surface area (Å²) >= 11 is 1.84. The average molecular weight is 393 g/mol. The van der Waals surface area contributed by atoms with Crippen molar-refractivity contribution in [1.82, 2.24) is 15.1 Å². The van der Waals surface area contributed by atoms with Gasteiger partial charge in [0.15, 0.2) is 5.69 Å². The number of nitrogens with zero attached hydrogens (tertiary/aromatic N) is 2. The highest BCUT2D eigenvalue weighted by Gasteiger charge is 2.29. The van der Waals surface area contributed by atoms with E-state index in [0.717, 1.165) is 48.4 Å². The van der Waals surface area contributed by atoms with Crippen LogP contribution >= 0.6 is 11.8 Å². The first kappa shape index (κ1) is 17.5. The van der Waals surface area contributed by atoms with E-state index < -0.39 is 0 Å². The topological polar surface area (TPSA) is 46.9 Å². The highest BCUT2D eigenvalue weighted by molar-refractivity contribution is 7.99. The minimum Gasteiger partial charge on any atom is -0.344 e. The van der Waals surface area contributed by atoms with E-state index in [9.17, 15) is 9.18 Å². The van der Waals surface area contributed by atoms with E-state index in [0.29, 0.717) is 5.69 Å². The molecule has 5 rings (SSSR count).